The molecular formula is C15H21F2N3O2S3. The van der Waals surface area contributed by atoms with Crippen molar-refractivity contribution in [1.29, 1.82) is 0 Å². The zero-order chi connectivity index (χ0) is 18.4. The summed E-state index contributed by atoms with van der Waals surface area (Å²) in [6.07, 6.45) is 3.04. The maximum absolute atomic E-state index is 13.8. The molecule has 5 nitrogen and oxygen atoms in total. The molecule has 0 spiro atoms. The van der Waals surface area contributed by atoms with E-state index < -0.39 is 26.6 Å². The average molecular weight is 410 g/mol. The Kier molecular flexibility index (Phi) is 7.41. The van der Waals surface area contributed by atoms with Gasteiger partial charge in [-0.1, -0.05) is 0 Å². The summed E-state index contributed by atoms with van der Waals surface area (Å²) in [5.41, 5.74) is 0. The summed E-state index contributed by atoms with van der Waals surface area (Å²) >= 11 is 7.09. The van der Waals surface area contributed by atoms with Crippen LogP contribution in [-0.4, -0.2) is 67.5 Å². The maximum atomic E-state index is 13.8. The Labute approximate surface area is 156 Å². The maximum Gasteiger partial charge on any atom is 0.246 e. The molecule has 2 rings (SSSR count). The second-order valence-electron chi connectivity index (χ2n) is 5.54. The van der Waals surface area contributed by atoms with Gasteiger partial charge in [0.1, 0.15) is 16.5 Å². The molecule has 1 aromatic carbocycles. The second kappa shape index (κ2) is 9.11. The molecule has 0 atom stereocenters. The van der Waals surface area contributed by atoms with Crippen LogP contribution in [0.3, 0.4) is 0 Å². The zero-order valence-corrected chi connectivity index (χ0v) is 16.3. The van der Waals surface area contributed by atoms with Gasteiger partial charge >= 0.3 is 0 Å². The van der Waals surface area contributed by atoms with E-state index in [1.165, 1.54) is 4.31 Å². The first-order chi connectivity index (χ1) is 11.9. The van der Waals surface area contributed by atoms with Gasteiger partial charge < -0.3 is 10.2 Å². The molecule has 0 unspecified atom stereocenters. The molecule has 1 aliphatic rings. The fraction of sp³-hybridized carbons (Fsp3) is 0.533. The fourth-order valence-electron chi connectivity index (χ4n) is 2.48. The van der Waals surface area contributed by atoms with Gasteiger partial charge in [0.05, 0.1) is 0 Å². The number of sulfonamides is 1. The van der Waals surface area contributed by atoms with Crippen molar-refractivity contribution < 1.29 is 17.2 Å². The summed E-state index contributed by atoms with van der Waals surface area (Å²) in [6.45, 7) is 2.03. The van der Waals surface area contributed by atoms with Crippen LogP contribution in [0.5, 0.6) is 0 Å². The molecule has 140 valence electrons. The Hall–Kier alpha value is -0.970. The molecule has 1 fully saturated rings. The van der Waals surface area contributed by atoms with Gasteiger partial charge in [-0.2, -0.15) is 16.1 Å². The lowest BCUT2D eigenvalue weighted by atomic mass is 10.3. The van der Waals surface area contributed by atoms with Gasteiger partial charge in [0, 0.05) is 38.8 Å². The summed E-state index contributed by atoms with van der Waals surface area (Å²) in [7, 11) is -3.98. The zero-order valence-electron chi connectivity index (χ0n) is 13.9. The van der Waals surface area contributed by atoms with Crippen LogP contribution in [0.1, 0.15) is 6.42 Å². The Bertz CT molecular complexity index is 708. The van der Waals surface area contributed by atoms with Crippen LogP contribution in [0.25, 0.3) is 0 Å². The highest BCUT2D eigenvalue weighted by molar-refractivity contribution is 7.98. The van der Waals surface area contributed by atoms with Gasteiger partial charge in [0.25, 0.3) is 0 Å². The van der Waals surface area contributed by atoms with Crippen LogP contribution in [-0.2, 0) is 10.0 Å². The normalized spacial score (nSPS) is 16.0. The molecule has 1 aromatic rings. The first-order valence-corrected chi connectivity index (χ1v) is 11.1. The SMILES string of the molecule is CSCCCNC(=S)N1CCN(S(=O)(=O)c2ccc(F)cc2F)CC1. The van der Waals surface area contributed by atoms with Crippen molar-refractivity contribution in [3.05, 3.63) is 29.8 Å². The minimum Gasteiger partial charge on any atom is -0.363 e. The number of hydrogen-bond acceptors (Lipinski definition) is 4. The molecule has 1 aliphatic heterocycles. The summed E-state index contributed by atoms with van der Waals surface area (Å²) in [4.78, 5) is 1.40. The minimum atomic E-state index is -3.98. The van der Waals surface area contributed by atoms with Crippen LogP contribution in [0, 0.1) is 11.6 Å². The lowest BCUT2D eigenvalue weighted by Gasteiger charge is -2.35. The standard InChI is InChI=1S/C15H21F2N3O2S3/c1-24-10-2-5-18-15(23)19-6-8-20(9-7-19)25(21,22)14-4-3-12(16)11-13(14)17/h3-4,11H,2,5-10H2,1H3,(H,18,23). The third-order valence-electron chi connectivity index (χ3n) is 3.84. The molecule has 0 amide bonds. The van der Waals surface area contributed by atoms with E-state index in [1.807, 2.05) is 11.2 Å². The number of halogens is 2. The van der Waals surface area contributed by atoms with Gasteiger partial charge in [-0.15, -0.1) is 0 Å². The summed E-state index contributed by atoms with van der Waals surface area (Å²) in [5.74, 6) is -0.835. The smallest absolute Gasteiger partial charge is 0.246 e. The van der Waals surface area contributed by atoms with Gasteiger partial charge in [-0.25, -0.2) is 17.2 Å². The molecule has 10 heteroatoms. The van der Waals surface area contributed by atoms with E-state index in [9.17, 15) is 17.2 Å². The van der Waals surface area contributed by atoms with E-state index in [-0.39, 0.29) is 13.1 Å². The van der Waals surface area contributed by atoms with Crippen LogP contribution in [0.15, 0.2) is 23.1 Å². The fourth-order valence-corrected chi connectivity index (χ4v) is 4.66. The molecule has 1 N–H and O–H groups in total. The van der Waals surface area contributed by atoms with E-state index in [1.54, 1.807) is 11.8 Å². The monoisotopic (exact) mass is 409 g/mol. The molecule has 0 bridgehead atoms. The summed E-state index contributed by atoms with van der Waals surface area (Å²) < 4.78 is 53.1. The third-order valence-corrected chi connectivity index (χ3v) is 6.87. The largest absolute Gasteiger partial charge is 0.363 e. The molecule has 1 saturated heterocycles. The van der Waals surface area contributed by atoms with E-state index in [0.717, 1.165) is 30.9 Å². The third kappa shape index (κ3) is 5.25. The Morgan fingerprint density at radius 1 is 1.28 bits per heavy atom. The van der Waals surface area contributed by atoms with Crippen molar-refractivity contribution in [1.82, 2.24) is 14.5 Å². The number of hydrogen-bond donors (Lipinski definition) is 1. The molecule has 0 aromatic heterocycles. The molecule has 1 heterocycles. The van der Waals surface area contributed by atoms with E-state index in [4.69, 9.17) is 12.2 Å². The highest BCUT2D eigenvalue weighted by Gasteiger charge is 2.31. The Balaban J connectivity index is 1.93. The molecule has 0 saturated carbocycles. The first-order valence-electron chi connectivity index (χ1n) is 7.83. The average Bonchev–Trinajstić information content (AvgIpc) is 2.58. The first kappa shape index (κ1) is 20.3. The van der Waals surface area contributed by atoms with Crippen molar-refractivity contribution in [3.63, 3.8) is 0 Å². The van der Waals surface area contributed by atoms with Crippen molar-refractivity contribution in [2.45, 2.75) is 11.3 Å². The highest BCUT2D eigenvalue weighted by atomic mass is 32.2. The topological polar surface area (TPSA) is 52.6 Å². The number of piperazine rings is 1. The lowest BCUT2D eigenvalue weighted by molar-refractivity contribution is 0.263. The lowest BCUT2D eigenvalue weighted by Crippen LogP contribution is -2.53. The molecule has 25 heavy (non-hydrogen) atoms. The van der Waals surface area contributed by atoms with Crippen molar-refractivity contribution in [3.8, 4) is 0 Å². The summed E-state index contributed by atoms with van der Waals surface area (Å²) in [5, 5.41) is 3.77. The number of nitrogens with zero attached hydrogens (tertiary/aromatic N) is 2. The number of rotatable bonds is 6. The van der Waals surface area contributed by atoms with E-state index >= 15 is 0 Å². The van der Waals surface area contributed by atoms with E-state index in [2.05, 4.69) is 5.32 Å². The molecule has 0 aliphatic carbocycles. The van der Waals surface area contributed by atoms with Gasteiger partial charge in [-0.3, -0.25) is 0 Å². The van der Waals surface area contributed by atoms with Crippen LogP contribution in [0.4, 0.5) is 8.78 Å². The Morgan fingerprint density at radius 2 is 1.96 bits per heavy atom. The van der Waals surface area contributed by atoms with Gasteiger partial charge in [0.2, 0.25) is 10.0 Å². The van der Waals surface area contributed by atoms with Crippen LogP contribution >= 0.6 is 24.0 Å². The Morgan fingerprint density at radius 3 is 2.56 bits per heavy atom. The molecule has 0 radical (unpaired) electrons. The quantitative estimate of drug-likeness (QED) is 0.572. The number of nitrogens with one attached hydrogen (secondary N) is 1. The summed E-state index contributed by atoms with van der Waals surface area (Å²) in [6, 6.07) is 2.49. The van der Waals surface area contributed by atoms with Crippen LogP contribution < -0.4 is 5.32 Å². The van der Waals surface area contributed by atoms with Gasteiger partial charge in [0.15, 0.2) is 5.11 Å². The predicted molar refractivity (Wildman–Crippen MR) is 100 cm³/mol. The van der Waals surface area contributed by atoms with Crippen LogP contribution in [0.2, 0.25) is 0 Å². The molecular weight excluding hydrogens is 388 g/mol. The van der Waals surface area contributed by atoms with Crippen molar-refractivity contribution in [2.75, 3.05) is 44.7 Å². The van der Waals surface area contributed by atoms with Gasteiger partial charge in [-0.05, 0) is 42.8 Å². The van der Waals surface area contributed by atoms with Crippen molar-refractivity contribution >= 4 is 39.1 Å². The number of thiocarbonyl (C=S) groups is 1. The van der Waals surface area contributed by atoms with Crippen molar-refractivity contribution in [2.24, 2.45) is 0 Å². The second-order valence-corrected chi connectivity index (χ2v) is 8.82. The highest BCUT2D eigenvalue weighted by Crippen LogP contribution is 2.21. The number of benzene rings is 1. The number of thioether (sulfide) groups is 1. The predicted octanol–water partition coefficient (Wildman–Crippen LogP) is 1.90. The van der Waals surface area contributed by atoms with E-state index in [0.29, 0.717) is 24.3 Å². The minimum absolute atomic E-state index is 0.200.